The van der Waals surface area contributed by atoms with Crippen LogP contribution in [0, 0.1) is 24.2 Å². The molecule has 1 aromatic carbocycles. The summed E-state index contributed by atoms with van der Waals surface area (Å²) in [6, 6.07) is 9.72. The van der Waals surface area contributed by atoms with Gasteiger partial charge in [0.1, 0.15) is 11.8 Å². The van der Waals surface area contributed by atoms with Crippen LogP contribution in [0.3, 0.4) is 0 Å². The summed E-state index contributed by atoms with van der Waals surface area (Å²) in [4.78, 5) is 17.4. The number of oxazole rings is 1. The molecule has 2 aromatic rings. The number of hydrogen-bond acceptors (Lipinski definition) is 6. The lowest BCUT2D eigenvalue weighted by atomic mass is 9.96. The maximum atomic E-state index is 11.3. The molecule has 130 valence electrons. The Labute approximate surface area is 146 Å². The first-order valence-corrected chi connectivity index (χ1v) is 8.20. The molecule has 0 saturated carbocycles. The number of ether oxygens (including phenoxy) is 1. The molecule has 2 heterocycles. The van der Waals surface area contributed by atoms with Crippen molar-refractivity contribution in [3.8, 4) is 11.8 Å². The van der Waals surface area contributed by atoms with Crippen molar-refractivity contribution in [2.45, 2.75) is 26.4 Å². The smallest absolute Gasteiger partial charge is 0.236 e. The summed E-state index contributed by atoms with van der Waals surface area (Å²) in [7, 11) is 0. The van der Waals surface area contributed by atoms with Crippen LogP contribution < -0.4 is 15.4 Å². The first-order valence-electron chi connectivity index (χ1n) is 8.20. The molecule has 1 aromatic heterocycles. The number of nitriles is 1. The maximum Gasteiger partial charge on any atom is 0.236 e. The zero-order valence-electron chi connectivity index (χ0n) is 14.1. The minimum Gasteiger partial charge on any atom is -0.484 e. The van der Waals surface area contributed by atoms with Gasteiger partial charge in [0.25, 0.3) is 0 Å². The molecule has 3 rings (SSSR count). The molecule has 7 nitrogen and oxygen atoms in total. The molecule has 0 spiro atoms. The summed E-state index contributed by atoms with van der Waals surface area (Å²) in [5.41, 5.74) is 6.74. The van der Waals surface area contributed by atoms with Crippen LogP contribution in [-0.4, -0.2) is 24.0 Å². The van der Waals surface area contributed by atoms with Crippen molar-refractivity contribution in [3.63, 3.8) is 0 Å². The summed E-state index contributed by atoms with van der Waals surface area (Å²) >= 11 is 0. The maximum absolute atomic E-state index is 11.3. The van der Waals surface area contributed by atoms with Crippen LogP contribution in [0.2, 0.25) is 0 Å². The first kappa shape index (κ1) is 16.8. The van der Waals surface area contributed by atoms with Gasteiger partial charge >= 0.3 is 0 Å². The number of piperidine rings is 1. The van der Waals surface area contributed by atoms with Crippen LogP contribution in [0.5, 0.6) is 5.75 Å². The van der Waals surface area contributed by atoms with E-state index in [-0.39, 0.29) is 24.1 Å². The molecule has 0 atom stereocenters. The lowest BCUT2D eigenvalue weighted by Gasteiger charge is -2.30. The van der Waals surface area contributed by atoms with Crippen molar-refractivity contribution in [2.24, 2.45) is 11.7 Å². The SMILES string of the molecule is Cc1ccc(OCc2nc(C#N)c(N3CCC(C(N)=O)CC3)o2)cc1. The topological polar surface area (TPSA) is 105 Å². The van der Waals surface area contributed by atoms with E-state index >= 15 is 0 Å². The van der Waals surface area contributed by atoms with E-state index < -0.39 is 0 Å². The number of nitrogens with zero attached hydrogens (tertiary/aromatic N) is 3. The van der Waals surface area contributed by atoms with Crippen molar-refractivity contribution < 1.29 is 13.9 Å². The van der Waals surface area contributed by atoms with Gasteiger partial charge in [-0.2, -0.15) is 10.2 Å². The second-order valence-corrected chi connectivity index (χ2v) is 6.14. The number of nitrogens with two attached hydrogens (primary N) is 1. The van der Waals surface area contributed by atoms with E-state index in [4.69, 9.17) is 14.9 Å². The molecule has 0 radical (unpaired) electrons. The lowest BCUT2D eigenvalue weighted by Crippen LogP contribution is -2.38. The first-order chi connectivity index (χ1) is 12.1. The Morgan fingerprint density at radius 3 is 2.68 bits per heavy atom. The molecule has 1 amide bonds. The predicted molar refractivity (Wildman–Crippen MR) is 90.9 cm³/mol. The van der Waals surface area contributed by atoms with Crippen LogP contribution in [0.25, 0.3) is 0 Å². The van der Waals surface area contributed by atoms with Gasteiger partial charge in [-0.25, -0.2) is 0 Å². The summed E-state index contributed by atoms with van der Waals surface area (Å²) < 4.78 is 11.4. The highest BCUT2D eigenvalue weighted by atomic mass is 16.5. The van der Waals surface area contributed by atoms with Crippen molar-refractivity contribution >= 4 is 11.8 Å². The fourth-order valence-corrected chi connectivity index (χ4v) is 2.85. The lowest BCUT2D eigenvalue weighted by molar-refractivity contribution is -0.122. The third kappa shape index (κ3) is 3.91. The minimum atomic E-state index is -0.273. The van der Waals surface area contributed by atoms with Crippen molar-refractivity contribution in [1.29, 1.82) is 5.26 Å². The Balaban J connectivity index is 1.66. The third-order valence-electron chi connectivity index (χ3n) is 4.33. The number of aryl methyl sites for hydroxylation is 1. The quantitative estimate of drug-likeness (QED) is 0.894. The average Bonchev–Trinajstić information content (AvgIpc) is 3.04. The zero-order valence-corrected chi connectivity index (χ0v) is 14.1. The van der Waals surface area contributed by atoms with Crippen LogP contribution in [-0.2, 0) is 11.4 Å². The van der Waals surface area contributed by atoms with Gasteiger partial charge in [0, 0.05) is 19.0 Å². The van der Waals surface area contributed by atoms with Gasteiger partial charge in [0.15, 0.2) is 6.61 Å². The Morgan fingerprint density at radius 2 is 2.08 bits per heavy atom. The zero-order chi connectivity index (χ0) is 17.8. The molecule has 25 heavy (non-hydrogen) atoms. The number of anilines is 1. The van der Waals surface area contributed by atoms with Gasteiger partial charge in [-0.15, -0.1) is 0 Å². The molecular weight excluding hydrogens is 320 g/mol. The van der Waals surface area contributed by atoms with E-state index in [1.807, 2.05) is 36.1 Å². The average molecular weight is 340 g/mol. The Kier molecular flexibility index (Phi) is 4.89. The number of carbonyl (C=O) groups is 1. The van der Waals surface area contributed by atoms with E-state index in [1.54, 1.807) is 0 Å². The number of hydrogen-bond donors (Lipinski definition) is 1. The van der Waals surface area contributed by atoms with E-state index in [9.17, 15) is 10.1 Å². The number of primary amides is 1. The monoisotopic (exact) mass is 340 g/mol. The number of benzene rings is 1. The van der Waals surface area contributed by atoms with Crippen LogP contribution in [0.15, 0.2) is 28.7 Å². The molecule has 1 aliphatic rings. The van der Waals surface area contributed by atoms with Crippen molar-refractivity contribution in [3.05, 3.63) is 41.4 Å². The predicted octanol–water partition coefficient (Wildman–Crippen LogP) is 2.14. The number of aromatic nitrogens is 1. The van der Waals surface area contributed by atoms with E-state index in [2.05, 4.69) is 11.1 Å². The Hall–Kier alpha value is -3.01. The van der Waals surface area contributed by atoms with Crippen molar-refractivity contribution in [2.75, 3.05) is 18.0 Å². The molecule has 1 aliphatic heterocycles. The van der Waals surface area contributed by atoms with Gasteiger partial charge in [-0.1, -0.05) is 17.7 Å². The minimum absolute atomic E-state index is 0.117. The fourth-order valence-electron chi connectivity index (χ4n) is 2.85. The standard InChI is InChI=1S/C18H20N4O3/c1-12-2-4-14(5-3-12)24-11-16-21-15(10-19)18(25-16)22-8-6-13(7-9-22)17(20)23/h2-5,13H,6-9,11H2,1H3,(H2,20,23). The van der Waals surface area contributed by atoms with E-state index in [1.165, 1.54) is 0 Å². The Morgan fingerprint density at radius 1 is 1.40 bits per heavy atom. The molecular formula is C18H20N4O3. The summed E-state index contributed by atoms with van der Waals surface area (Å²) in [5.74, 6) is 1.11. The third-order valence-corrected chi connectivity index (χ3v) is 4.33. The van der Waals surface area contributed by atoms with E-state index in [0.717, 1.165) is 5.56 Å². The van der Waals surface area contributed by atoms with Gasteiger partial charge in [-0.05, 0) is 31.9 Å². The van der Waals surface area contributed by atoms with E-state index in [0.29, 0.717) is 43.5 Å². The molecule has 1 saturated heterocycles. The largest absolute Gasteiger partial charge is 0.484 e. The number of rotatable bonds is 5. The summed E-state index contributed by atoms with van der Waals surface area (Å²) in [6.45, 7) is 3.37. The highest BCUT2D eigenvalue weighted by Crippen LogP contribution is 2.27. The number of amides is 1. The molecule has 7 heteroatoms. The van der Waals surface area contributed by atoms with Crippen LogP contribution in [0.1, 0.15) is 30.0 Å². The molecule has 0 bridgehead atoms. The van der Waals surface area contributed by atoms with Gasteiger partial charge in [0.05, 0.1) is 0 Å². The van der Waals surface area contributed by atoms with Gasteiger partial charge in [0.2, 0.25) is 23.4 Å². The molecule has 2 N–H and O–H groups in total. The molecule has 0 unspecified atom stereocenters. The number of carbonyl (C=O) groups excluding carboxylic acids is 1. The summed E-state index contributed by atoms with van der Waals surface area (Å²) in [6.07, 6.45) is 1.30. The second kappa shape index (κ2) is 7.26. The highest BCUT2D eigenvalue weighted by molar-refractivity contribution is 5.77. The molecule has 1 fully saturated rings. The van der Waals surface area contributed by atoms with Gasteiger partial charge in [-0.3, -0.25) is 4.79 Å². The van der Waals surface area contributed by atoms with Gasteiger partial charge < -0.3 is 19.8 Å². The highest BCUT2D eigenvalue weighted by Gasteiger charge is 2.27. The molecule has 0 aliphatic carbocycles. The van der Waals surface area contributed by atoms with Crippen LogP contribution in [0.4, 0.5) is 5.88 Å². The normalized spacial score (nSPS) is 15.0. The van der Waals surface area contributed by atoms with Crippen LogP contribution >= 0.6 is 0 Å². The van der Waals surface area contributed by atoms with Crippen molar-refractivity contribution in [1.82, 2.24) is 4.98 Å². The Bertz CT molecular complexity index is 784. The fraction of sp³-hybridized carbons (Fsp3) is 0.389. The summed E-state index contributed by atoms with van der Waals surface area (Å²) in [5, 5.41) is 9.30. The second-order valence-electron chi connectivity index (χ2n) is 6.14.